The summed E-state index contributed by atoms with van der Waals surface area (Å²) in [6.45, 7) is 0. The minimum absolute atomic E-state index is 1.09. The minimum atomic E-state index is 1.09. The molecule has 0 amide bonds. The first-order chi connectivity index (χ1) is 26.8. The van der Waals surface area contributed by atoms with E-state index in [1.165, 1.54) is 66.0 Å². The van der Waals surface area contributed by atoms with Gasteiger partial charge < -0.3 is 9.47 Å². The van der Waals surface area contributed by atoms with Crippen LogP contribution in [0.15, 0.2) is 218 Å². The number of aromatic nitrogens is 1. The van der Waals surface area contributed by atoms with Crippen LogP contribution in [0, 0.1) is 0 Å². The van der Waals surface area contributed by atoms with Crippen molar-refractivity contribution < 1.29 is 0 Å². The van der Waals surface area contributed by atoms with E-state index < -0.39 is 0 Å². The van der Waals surface area contributed by atoms with E-state index >= 15 is 0 Å². The van der Waals surface area contributed by atoms with Crippen molar-refractivity contribution in [2.75, 3.05) is 4.90 Å². The van der Waals surface area contributed by atoms with Crippen LogP contribution < -0.4 is 4.90 Å². The van der Waals surface area contributed by atoms with E-state index in [0.29, 0.717) is 0 Å². The van der Waals surface area contributed by atoms with Crippen molar-refractivity contribution in [2.45, 2.75) is 0 Å². The second kappa shape index (κ2) is 13.4. The largest absolute Gasteiger partial charge is 0.309 e. The molecule has 0 unspecified atom stereocenters. The maximum absolute atomic E-state index is 2.44. The van der Waals surface area contributed by atoms with Crippen LogP contribution in [-0.2, 0) is 0 Å². The number of rotatable bonds is 7. The molecule has 0 aliphatic rings. The van der Waals surface area contributed by atoms with Crippen molar-refractivity contribution in [3.8, 4) is 39.1 Å². The first-order valence-electron chi connectivity index (χ1n) is 18.5. The first kappa shape index (κ1) is 31.6. The molecular formula is C52H36N2. The van der Waals surface area contributed by atoms with Gasteiger partial charge in [-0.2, -0.15) is 0 Å². The summed E-state index contributed by atoms with van der Waals surface area (Å²) < 4.78 is 2.39. The smallest absolute Gasteiger partial charge is 0.0547 e. The van der Waals surface area contributed by atoms with Crippen molar-refractivity contribution in [3.63, 3.8) is 0 Å². The second-order valence-corrected chi connectivity index (χ2v) is 13.7. The molecule has 0 spiro atoms. The first-order valence-corrected chi connectivity index (χ1v) is 18.5. The van der Waals surface area contributed by atoms with Crippen molar-refractivity contribution in [1.82, 2.24) is 4.57 Å². The highest BCUT2D eigenvalue weighted by molar-refractivity contribution is 6.17. The van der Waals surface area contributed by atoms with Crippen LogP contribution >= 0.6 is 0 Å². The van der Waals surface area contributed by atoms with Gasteiger partial charge in [-0.25, -0.2) is 0 Å². The molecule has 0 radical (unpaired) electrons. The fraction of sp³-hybridized carbons (Fsp3) is 0. The van der Waals surface area contributed by atoms with Gasteiger partial charge in [0, 0.05) is 33.3 Å². The third kappa shape index (κ3) is 5.44. The van der Waals surface area contributed by atoms with Crippen LogP contribution in [0.1, 0.15) is 0 Å². The van der Waals surface area contributed by atoms with Gasteiger partial charge in [-0.05, 0) is 87.6 Å². The maximum Gasteiger partial charge on any atom is 0.0547 e. The molecule has 0 saturated heterocycles. The topological polar surface area (TPSA) is 8.17 Å². The van der Waals surface area contributed by atoms with Crippen molar-refractivity contribution in [1.29, 1.82) is 0 Å². The summed E-state index contributed by atoms with van der Waals surface area (Å²) in [5.74, 6) is 0. The second-order valence-electron chi connectivity index (χ2n) is 13.7. The molecule has 0 bridgehead atoms. The Morgan fingerprint density at radius 3 is 1.70 bits per heavy atom. The summed E-state index contributed by atoms with van der Waals surface area (Å²) in [5, 5.41) is 4.97. The van der Waals surface area contributed by atoms with E-state index in [2.05, 4.69) is 228 Å². The van der Waals surface area contributed by atoms with Gasteiger partial charge >= 0.3 is 0 Å². The summed E-state index contributed by atoms with van der Waals surface area (Å²) in [6.07, 6.45) is 0. The van der Waals surface area contributed by atoms with Crippen molar-refractivity contribution in [2.24, 2.45) is 0 Å². The fourth-order valence-corrected chi connectivity index (χ4v) is 8.11. The predicted octanol–water partition coefficient (Wildman–Crippen LogP) is 14.4. The number of para-hydroxylation sites is 4. The summed E-state index contributed by atoms with van der Waals surface area (Å²) in [4.78, 5) is 2.44. The highest BCUT2D eigenvalue weighted by Crippen LogP contribution is 2.47. The molecule has 0 fully saturated rings. The minimum Gasteiger partial charge on any atom is -0.309 e. The highest BCUT2D eigenvalue weighted by atomic mass is 15.1. The Balaban J connectivity index is 1.20. The monoisotopic (exact) mass is 688 g/mol. The number of benzene rings is 9. The normalized spacial score (nSPS) is 11.3. The molecular weight excluding hydrogens is 653 g/mol. The van der Waals surface area contributed by atoms with Crippen LogP contribution in [-0.4, -0.2) is 4.57 Å². The molecule has 2 heteroatoms. The van der Waals surface area contributed by atoms with Crippen LogP contribution in [0.25, 0.3) is 71.6 Å². The lowest BCUT2D eigenvalue weighted by molar-refractivity contribution is 1.18. The average molecular weight is 689 g/mol. The molecule has 254 valence electrons. The molecule has 1 heterocycles. The number of anilines is 3. The van der Waals surface area contributed by atoms with Crippen molar-refractivity contribution in [3.05, 3.63) is 218 Å². The molecule has 0 atom stereocenters. The Morgan fingerprint density at radius 2 is 0.907 bits per heavy atom. The lowest BCUT2D eigenvalue weighted by atomic mass is 9.95. The van der Waals surface area contributed by atoms with Gasteiger partial charge in [-0.3, -0.25) is 0 Å². The summed E-state index contributed by atoms with van der Waals surface area (Å²) in [6, 6.07) is 78.9. The third-order valence-electron chi connectivity index (χ3n) is 10.6. The van der Waals surface area contributed by atoms with Crippen LogP contribution in [0.2, 0.25) is 0 Å². The van der Waals surface area contributed by atoms with E-state index in [4.69, 9.17) is 0 Å². The third-order valence-corrected chi connectivity index (χ3v) is 10.6. The van der Waals surface area contributed by atoms with E-state index in [9.17, 15) is 0 Å². The number of nitrogens with zero attached hydrogens (tertiary/aromatic N) is 2. The summed E-state index contributed by atoms with van der Waals surface area (Å²) >= 11 is 0. The Morgan fingerprint density at radius 1 is 0.333 bits per heavy atom. The molecule has 2 nitrogen and oxygen atoms in total. The maximum atomic E-state index is 2.44. The lowest BCUT2D eigenvalue weighted by Gasteiger charge is -2.30. The Labute approximate surface area is 315 Å². The quantitative estimate of drug-likeness (QED) is 0.162. The van der Waals surface area contributed by atoms with E-state index in [0.717, 1.165) is 22.7 Å². The van der Waals surface area contributed by atoms with Gasteiger partial charge in [-0.15, -0.1) is 0 Å². The molecule has 54 heavy (non-hydrogen) atoms. The Bertz CT molecular complexity index is 2920. The van der Waals surface area contributed by atoms with E-state index in [1.807, 2.05) is 0 Å². The number of fused-ring (bicyclic) bond motifs is 4. The van der Waals surface area contributed by atoms with Crippen LogP contribution in [0.5, 0.6) is 0 Å². The zero-order valence-electron chi connectivity index (χ0n) is 29.7. The molecule has 0 N–H and O–H groups in total. The lowest BCUT2D eigenvalue weighted by Crippen LogP contribution is -2.12. The zero-order chi connectivity index (χ0) is 35.8. The molecule has 0 saturated carbocycles. The average Bonchev–Trinajstić information content (AvgIpc) is 3.60. The molecule has 9 aromatic carbocycles. The fourth-order valence-electron chi connectivity index (χ4n) is 8.11. The SMILES string of the molecule is c1ccc(-c2ccccc2N(c2ccc(-c3ccc4ccccc4c3)cc2)c2ccccc2-c2cccc3c2c2ccccc2n3-c2ccccc2)cc1. The van der Waals surface area contributed by atoms with Gasteiger partial charge in [0.15, 0.2) is 0 Å². The number of hydrogen-bond donors (Lipinski definition) is 0. The standard InChI is InChI=1S/C52H36N2/c1-3-17-39(18-4-1)44-22-9-12-26-48(44)53(43-34-32-38(33-35-43)41-31-30-37-16-7-8-19-40(37)36-41)49-27-13-10-23-45(49)46-25-15-29-51-52(46)47-24-11-14-28-50(47)54(51)42-20-5-2-6-21-42/h1-36H. The van der Waals surface area contributed by atoms with E-state index in [1.54, 1.807) is 0 Å². The van der Waals surface area contributed by atoms with Crippen LogP contribution in [0.4, 0.5) is 17.1 Å². The van der Waals surface area contributed by atoms with Gasteiger partial charge in [-0.1, -0.05) is 164 Å². The Kier molecular flexibility index (Phi) is 7.85. The van der Waals surface area contributed by atoms with Gasteiger partial charge in [0.2, 0.25) is 0 Å². The molecule has 0 aliphatic heterocycles. The van der Waals surface area contributed by atoms with Gasteiger partial charge in [0.25, 0.3) is 0 Å². The van der Waals surface area contributed by atoms with E-state index in [-0.39, 0.29) is 0 Å². The molecule has 1 aromatic heterocycles. The van der Waals surface area contributed by atoms with Crippen molar-refractivity contribution >= 4 is 49.6 Å². The summed E-state index contributed by atoms with van der Waals surface area (Å²) in [5.41, 5.74) is 14.0. The highest BCUT2D eigenvalue weighted by Gasteiger charge is 2.23. The Hall–Kier alpha value is -7.16. The molecule has 10 aromatic rings. The zero-order valence-corrected chi connectivity index (χ0v) is 29.7. The van der Waals surface area contributed by atoms with Gasteiger partial charge in [0.1, 0.15) is 0 Å². The van der Waals surface area contributed by atoms with Crippen LogP contribution in [0.3, 0.4) is 0 Å². The molecule has 0 aliphatic carbocycles. The molecule has 10 rings (SSSR count). The summed E-state index contributed by atoms with van der Waals surface area (Å²) in [7, 11) is 0. The predicted molar refractivity (Wildman–Crippen MR) is 229 cm³/mol. The number of hydrogen-bond acceptors (Lipinski definition) is 1. The van der Waals surface area contributed by atoms with Gasteiger partial charge in [0.05, 0.1) is 22.4 Å².